The first-order valence-corrected chi connectivity index (χ1v) is 11.4. The number of thiophene rings is 1. The summed E-state index contributed by atoms with van der Waals surface area (Å²) in [5.41, 5.74) is -2.63. The highest BCUT2D eigenvalue weighted by atomic mass is 32.1. The molecule has 0 fully saturated rings. The molecule has 0 amide bonds. The van der Waals surface area contributed by atoms with E-state index in [9.17, 15) is 28.2 Å². The third-order valence-corrected chi connectivity index (χ3v) is 6.92. The summed E-state index contributed by atoms with van der Waals surface area (Å²) in [6, 6.07) is 11.0. The van der Waals surface area contributed by atoms with Crippen molar-refractivity contribution >= 4 is 21.6 Å². The van der Waals surface area contributed by atoms with E-state index in [4.69, 9.17) is 0 Å². The molecule has 0 bridgehead atoms. The lowest BCUT2D eigenvalue weighted by Crippen LogP contribution is -2.52. The van der Waals surface area contributed by atoms with Gasteiger partial charge in [0.25, 0.3) is 0 Å². The van der Waals surface area contributed by atoms with Gasteiger partial charge in [0.05, 0.1) is 16.8 Å². The zero-order valence-electron chi connectivity index (χ0n) is 18.5. The Balaban J connectivity index is 1.74. The van der Waals surface area contributed by atoms with Crippen LogP contribution in [0.4, 0.5) is 13.2 Å². The molecular weight excluding hydrogens is 465 g/mol. The van der Waals surface area contributed by atoms with E-state index in [-0.39, 0.29) is 16.7 Å². The van der Waals surface area contributed by atoms with Gasteiger partial charge in [-0.1, -0.05) is 26.0 Å². The number of aliphatic hydroxyl groups is 1. The van der Waals surface area contributed by atoms with Gasteiger partial charge in [0.1, 0.15) is 5.75 Å². The fraction of sp³-hybridized carbons (Fsp3) is 0.280. The zero-order valence-corrected chi connectivity index (χ0v) is 19.3. The average molecular weight is 489 g/mol. The summed E-state index contributed by atoms with van der Waals surface area (Å²) in [6.07, 6.45) is -1.18. The number of pyridine rings is 2. The van der Waals surface area contributed by atoms with Gasteiger partial charge in [-0.2, -0.15) is 13.2 Å². The number of fused-ring (bicyclic) bond motifs is 1. The van der Waals surface area contributed by atoms with Crippen LogP contribution in [-0.4, -0.2) is 31.5 Å². The highest BCUT2D eigenvalue weighted by molar-refractivity contribution is 7.17. The Labute approximate surface area is 197 Å². The Morgan fingerprint density at radius 2 is 1.85 bits per heavy atom. The number of alkyl halides is 3. The highest BCUT2D eigenvalue weighted by Crippen LogP contribution is 2.45. The summed E-state index contributed by atoms with van der Waals surface area (Å²) < 4.78 is 44.5. The summed E-state index contributed by atoms with van der Waals surface area (Å²) in [4.78, 5) is 16.1. The number of hydrogen-bond acceptors (Lipinski definition) is 5. The van der Waals surface area contributed by atoms with Crippen LogP contribution in [0, 0.1) is 0 Å². The van der Waals surface area contributed by atoms with Crippen molar-refractivity contribution in [3.63, 3.8) is 0 Å². The molecule has 0 saturated carbocycles. The SMILES string of the molecule is CC(C)(CC(O)(Cn1ccc(=O)c2sccc21)C(F)(F)F)c1cc(-c2cccnc2)ccc1O. The van der Waals surface area contributed by atoms with Crippen LogP contribution < -0.4 is 5.43 Å². The third-order valence-electron chi connectivity index (χ3n) is 6.00. The summed E-state index contributed by atoms with van der Waals surface area (Å²) in [5, 5.41) is 23.2. The van der Waals surface area contributed by atoms with Crippen LogP contribution in [0.25, 0.3) is 21.3 Å². The Morgan fingerprint density at radius 1 is 1.09 bits per heavy atom. The fourth-order valence-corrected chi connectivity index (χ4v) is 5.13. The fourth-order valence-electron chi connectivity index (χ4n) is 4.31. The average Bonchev–Trinajstić information content (AvgIpc) is 3.27. The molecule has 178 valence electrons. The standard InChI is InChI=1S/C25H23F3N2O3S/c1-23(2,18-12-16(5-6-20(18)31)17-4-3-9-29-13-17)14-24(33,25(26,27)28)15-30-10-7-21(32)22-19(30)8-11-34-22/h3-13,31,33H,14-15H2,1-2H3. The molecule has 1 atom stereocenters. The molecule has 0 aliphatic carbocycles. The van der Waals surface area contributed by atoms with E-state index in [1.807, 2.05) is 6.07 Å². The van der Waals surface area contributed by atoms with Gasteiger partial charge in [-0.15, -0.1) is 11.3 Å². The van der Waals surface area contributed by atoms with Crippen molar-refractivity contribution in [3.05, 3.63) is 82.2 Å². The molecule has 0 radical (unpaired) electrons. The van der Waals surface area contributed by atoms with Crippen molar-refractivity contribution in [2.24, 2.45) is 0 Å². The minimum Gasteiger partial charge on any atom is -0.508 e. The lowest BCUT2D eigenvalue weighted by molar-refractivity contribution is -0.271. The quantitative estimate of drug-likeness (QED) is 0.376. The Morgan fingerprint density at radius 3 is 2.53 bits per heavy atom. The van der Waals surface area contributed by atoms with Gasteiger partial charge < -0.3 is 14.8 Å². The van der Waals surface area contributed by atoms with Gasteiger partial charge in [-0.05, 0) is 47.0 Å². The van der Waals surface area contributed by atoms with E-state index in [0.717, 1.165) is 16.9 Å². The van der Waals surface area contributed by atoms with Gasteiger partial charge >= 0.3 is 6.18 Å². The molecule has 4 rings (SSSR count). The number of aromatic hydroxyl groups is 1. The van der Waals surface area contributed by atoms with Gasteiger partial charge in [0.2, 0.25) is 0 Å². The smallest absolute Gasteiger partial charge is 0.418 e. The second-order valence-electron chi connectivity index (χ2n) is 9.01. The summed E-state index contributed by atoms with van der Waals surface area (Å²) in [5.74, 6) is -0.161. The topological polar surface area (TPSA) is 75.4 Å². The van der Waals surface area contributed by atoms with Crippen molar-refractivity contribution in [1.82, 2.24) is 9.55 Å². The molecule has 0 saturated heterocycles. The Hall–Kier alpha value is -3.17. The molecule has 5 nitrogen and oxygen atoms in total. The van der Waals surface area contributed by atoms with Gasteiger partial charge in [0.15, 0.2) is 11.0 Å². The molecule has 3 heterocycles. The minimum absolute atomic E-state index is 0.161. The molecule has 4 aromatic rings. The van der Waals surface area contributed by atoms with E-state index in [0.29, 0.717) is 15.8 Å². The van der Waals surface area contributed by atoms with Crippen LogP contribution in [0.3, 0.4) is 0 Å². The largest absolute Gasteiger partial charge is 0.508 e. The number of hydrogen-bond donors (Lipinski definition) is 2. The van der Waals surface area contributed by atoms with Crippen molar-refractivity contribution in [2.75, 3.05) is 0 Å². The lowest BCUT2D eigenvalue weighted by atomic mass is 9.74. The highest BCUT2D eigenvalue weighted by Gasteiger charge is 2.56. The van der Waals surface area contributed by atoms with Crippen molar-refractivity contribution < 1.29 is 23.4 Å². The number of nitrogens with zero attached hydrogens (tertiary/aromatic N) is 2. The van der Waals surface area contributed by atoms with Crippen molar-refractivity contribution in [2.45, 2.75) is 44.0 Å². The maximum absolute atomic E-state index is 14.3. The predicted octanol–water partition coefficient (Wildman–Crippen LogP) is 5.49. The molecule has 2 N–H and O–H groups in total. The monoisotopic (exact) mass is 488 g/mol. The van der Waals surface area contributed by atoms with Gasteiger partial charge in [-0.3, -0.25) is 9.78 Å². The van der Waals surface area contributed by atoms with E-state index >= 15 is 0 Å². The van der Waals surface area contributed by atoms with Crippen LogP contribution in [0.5, 0.6) is 5.75 Å². The normalized spacial score (nSPS) is 14.3. The molecule has 1 aromatic carbocycles. The number of phenolic OH excluding ortho intramolecular Hbond substituents is 1. The third kappa shape index (κ3) is 4.45. The lowest BCUT2D eigenvalue weighted by Gasteiger charge is -2.38. The summed E-state index contributed by atoms with van der Waals surface area (Å²) in [7, 11) is 0. The Bertz CT molecular complexity index is 1380. The number of benzene rings is 1. The van der Waals surface area contributed by atoms with Crippen molar-refractivity contribution in [3.8, 4) is 16.9 Å². The first-order chi connectivity index (χ1) is 15.9. The minimum atomic E-state index is -4.97. The molecule has 1 unspecified atom stereocenters. The van der Waals surface area contributed by atoms with E-state index in [1.165, 1.54) is 22.9 Å². The van der Waals surface area contributed by atoms with Crippen LogP contribution in [0.2, 0.25) is 0 Å². The maximum atomic E-state index is 14.3. The van der Waals surface area contributed by atoms with Crippen molar-refractivity contribution in [1.29, 1.82) is 0 Å². The molecular formula is C25H23F3N2O3S. The maximum Gasteiger partial charge on any atom is 0.418 e. The molecule has 0 spiro atoms. The number of aromatic nitrogens is 2. The van der Waals surface area contributed by atoms with E-state index in [2.05, 4.69) is 4.98 Å². The first-order valence-electron chi connectivity index (χ1n) is 10.5. The summed E-state index contributed by atoms with van der Waals surface area (Å²) in [6.45, 7) is 2.31. The van der Waals surface area contributed by atoms with Gasteiger partial charge in [-0.25, -0.2) is 0 Å². The number of phenols is 1. The van der Waals surface area contributed by atoms with Crippen LogP contribution in [-0.2, 0) is 12.0 Å². The zero-order chi connectivity index (χ0) is 24.7. The summed E-state index contributed by atoms with van der Waals surface area (Å²) >= 11 is 1.14. The van der Waals surface area contributed by atoms with Gasteiger partial charge in [0, 0.05) is 35.8 Å². The molecule has 0 aliphatic heterocycles. The van der Waals surface area contributed by atoms with Crippen LogP contribution in [0.1, 0.15) is 25.8 Å². The van der Waals surface area contributed by atoms with Crippen LogP contribution in [0.15, 0.2) is 71.2 Å². The predicted molar refractivity (Wildman–Crippen MR) is 126 cm³/mol. The molecule has 34 heavy (non-hydrogen) atoms. The van der Waals surface area contributed by atoms with Crippen LogP contribution >= 0.6 is 11.3 Å². The Kier molecular flexibility index (Phi) is 6.03. The second-order valence-corrected chi connectivity index (χ2v) is 9.92. The molecule has 9 heteroatoms. The van der Waals surface area contributed by atoms with E-state index < -0.39 is 30.2 Å². The first kappa shape index (κ1) is 24.0. The number of rotatable bonds is 6. The molecule has 3 aromatic heterocycles. The second kappa shape index (κ2) is 8.56. The molecule has 0 aliphatic rings. The number of halogens is 3. The van der Waals surface area contributed by atoms with E-state index in [1.54, 1.807) is 55.9 Å².